The molecule has 0 spiro atoms. The number of nitriles is 1. The third kappa shape index (κ3) is 6.00. The van der Waals surface area contributed by atoms with Crippen molar-refractivity contribution in [1.29, 1.82) is 5.26 Å². The number of nitrogen functional groups attached to an aromatic ring is 1. The van der Waals surface area contributed by atoms with Crippen molar-refractivity contribution in [3.63, 3.8) is 0 Å². The number of benzene rings is 2. The van der Waals surface area contributed by atoms with Gasteiger partial charge in [0, 0.05) is 18.7 Å². The average molecular weight is 542 g/mol. The highest BCUT2D eigenvalue weighted by Crippen LogP contribution is 2.28. The van der Waals surface area contributed by atoms with E-state index in [1.807, 2.05) is 49.4 Å². The van der Waals surface area contributed by atoms with Crippen molar-refractivity contribution in [1.82, 2.24) is 25.0 Å². The zero-order chi connectivity index (χ0) is 28.6. The van der Waals surface area contributed by atoms with E-state index in [1.54, 1.807) is 23.0 Å². The summed E-state index contributed by atoms with van der Waals surface area (Å²) in [7, 11) is 0. The zero-order valence-corrected chi connectivity index (χ0v) is 22.3. The van der Waals surface area contributed by atoms with Gasteiger partial charge in [0.1, 0.15) is 23.3 Å². The first-order chi connectivity index (χ1) is 19.4. The lowest BCUT2D eigenvalue weighted by Gasteiger charge is -2.23. The van der Waals surface area contributed by atoms with Crippen molar-refractivity contribution >= 4 is 34.3 Å². The lowest BCUT2D eigenvalue weighted by atomic mass is 10.1. The number of nitrogens with one attached hydrogen (secondary N) is 3. The number of aryl methyl sites for hydroxylation is 1. The first kappa shape index (κ1) is 28.0. The second-order valence-electron chi connectivity index (χ2n) is 9.17. The van der Waals surface area contributed by atoms with Crippen LogP contribution in [0.4, 0.5) is 17.5 Å². The van der Waals surface area contributed by atoms with Gasteiger partial charge in [0.05, 0.1) is 28.3 Å². The molecule has 0 fully saturated rings. The van der Waals surface area contributed by atoms with Gasteiger partial charge < -0.3 is 16.4 Å². The van der Waals surface area contributed by atoms with Gasteiger partial charge in [-0.3, -0.25) is 19.4 Å². The van der Waals surface area contributed by atoms with Crippen molar-refractivity contribution < 1.29 is 10.0 Å². The van der Waals surface area contributed by atoms with E-state index in [1.165, 1.54) is 0 Å². The SMILES string of the molecule is CC[C@H](Nc1nc(N)nc(C)c1C#N)c1nc2cccc(NCCCCC(=O)NO)c2c(=O)n1-c1ccccc1. The van der Waals surface area contributed by atoms with E-state index in [0.717, 1.165) is 0 Å². The minimum absolute atomic E-state index is 0.0356. The van der Waals surface area contributed by atoms with E-state index in [4.69, 9.17) is 15.9 Å². The maximum absolute atomic E-state index is 14.2. The molecule has 6 N–H and O–H groups in total. The number of nitrogens with zero attached hydrogens (tertiary/aromatic N) is 5. The molecule has 0 saturated heterocycles. The van der Waals surface area contributed by atoms with Gasteiger partial charge in [-0.1, -0.05) is 31.2 Å². The molecule has 2 heterocycles. The molecule has 0 saturated carbocycles. The molecule has 1 amide bonds. The quantitative estimate of drug-likeness (QED) is 0.107. The number of amides is 1. The Morgan fingerprint density at radius 3 is 2.60 bits per heavy atom. The topological polar surface area (TPSA) is 184 Å². The summed E-state index contributed by atoms with van der Waals surface area (Å²) in [5, 5.41) is 25.4. The van der Waals surface area contributed by atoms with Crippen LogP contribution in [-0.4, -0.2) is 37.2 Å². The molecule has 0 radical (unpaired) electrons. The minimum atomic E-state index is -0.493. The van der Waals surface area contributed by atoms with E-state index in [0.29, 0.717) is 59.6 Å². The molecule has 2 aromatic heterocycles. The van der Waals surface area contributed by atoms with Gasteiger partial charge >= 0.3 is 0 Å². The minimum Gasteiger partial charge on any atom is -0.384 e. The van der Waals surface area contributed by atoms with Crippen molar-refractivity contribution in [3.05, 3.63) is 76.0 Å². The fourth-order valence-corrected chi connectivity index (χ4v) is 4.49. The van der Waals surface area contributed by atoms with Crippen molar-refractivity contribution in [2.45, 2.75) is 45.6 Å². The number of para-hydroxylation sites is 1. The molecule has 206 valence electrons. The molecule has 1 atom stereocenters. The van der Waals surface area contributed by atoms with Crippen molar-refractivity contribution in [2.75, 3.05) is 22.9 Å². The number of aromatic nitrogens is 4. The van der Waals surface area contributed by atoms with Gasteiger partial charge in [0.25, 0.3) is 5.56 Å². The summed E-state index contributed by atoms with van der Waals surface area (Å²) in [4.78, 5) is 38.7. The van der Waals surface area contributed by atoms with Crippen molar-refractivity contribution in [2.24, 2.45) is 0 Å². The van der Waals surface area contributed by atoms with Gasteiger partial charge in [-0.15, -0.1) is 0 Å². The van der Waals surface area contributed by atoms with E-state index >= 15 is 0 Å². The summed E-state index contributed by atoms with van der Waals surface area (Å²) in [6.07, 6.45) is 1.96. The third-order valence-corrected chi connectivity index (χ3v) is 6.46. The molecule has 4 aromatic rings. The Morgan fingerprint density at radius 1 is 1.12 bits per heavy atom. The Morgan fingerprint density at radius 2 is 1.90 bits per heavy atom. The Kier molecular flexibility index (Phi) is 8.88. The van der Waals surface area contributed by atoms with Crippen molar-refractivity contribution in [3.8, 4) is 11.8 Å². The smallest absolute Gasteiger partial charge is 0.268 e. The van der Waals surface area contributed by atoms with Crippen LogP contribution < -0.4 is 27.4 Å². The standard InChI is InChI=1S/C28H31N9O3/c1-3-20(33-25-19(16-29)17(2)32-28(30)35-25)26-34-22-13-9-12-21(31-15-8-7-14-23(38)36-40)24(22)27(39)37(26)18-10-5-4-6-11-18/h4-6,9-13,20,31,40H,3,7-8,14-15H2,1-2H3,(H,36,38)(H3,30,32,33,35)/t20-/m0/s1. The van der Waals surface area contributed by atoms with Gasteiger partial charge in [-0.05, 0) is 50.5 Å². The molecule has 0 bridgehead atoms. The second kappa shape index (κ2) is 12.7. The Labute approximate surface area is 230 Å². The maximum atomic E-state index is 14.2. The summed E-state index contributed by atoms with van der Waals surface area (Å²) in [6.45, 7) is 4.16. The van der Waals surface area contributed by atoms with E-state index in [-0.39, 0.29) is 29.3 Å². The Balaban J connectivity index is 1.79. The molecule has 0 aliphatic carbocycles. The normalized spacial score (nSPS) is 11.6. The monoisotopic (exact) mass is 541 g/mol. The highest BCUT2D eigenvalue weighted by atomic mass is 16.5. The predicted molar refractivity (Wildman–Crippen MR) is 152 cm³/mol. The molecule has 4 rings (SSSR count). The molecular formula is C28H31N9O3. The zero-order valence-electron chi connectivity index (χ0n) is 22.3. The fraction of sp³-hybridized carbons (Fsp3) is 0.286. The summed E-state index contributed by atoms with van der Waals surface area (Å²) in [5.74, 6) is 0.331. The van der Waals surface area contributed by atoms with E-state index < -0.39 is 11.9 Å². The maximum Gasteiger partial charge on any atom is 0.268 e. The number of fused-ring (bicyclic) bond motifs is 1. The summed E-state index contributed by atoms with van der Waals surface area (Å²) in [6, 6.07) is 16.3. The molecule has 12 heteroatoms. The molecular weight excluding hydrogens is 510 g/mol. The molecule has 0 unspecified atom stereocenters. The van der Waals surface area contributed by atoms with Crippen LogP contribution in [0.2, 0.25) is 0 Å². The second-order valence-corrected chi connectivity index (χ2v) is 9.17. The Bertz CT molecular complexity index is 1610. The van der Waals surface area contributed by atoms with Crippen LogP contribution >= 0.6 is 0 Å². The predicted octanol–water partition coefficient (Wildman–Crippen LogP) is 3.59. The van der Waals surface area contributed by atoms with Crippen LogP contribution in [0.1, 0.15) is 55.7 Å². The van der Waals surface area contributed by atoms with E-state index in [9.17, 15) is 14.9 Å². The lowest BCUT2D eigenvalue weighted by Crippen LogP contribution is -2.29. The molecule has 40 heavy (non-hydrogen) atoms. The number of hydroxylamine groups is 1. The fourth-order valence-electron chi connectivity index (χ4n) is 4.49. The number of carbonyl (C=O) groups excluding carboxylic acids is 1. The summed E-state index contributed by atoms with van der Waals surface area (Å²) >= 11 is 0. The van der Waals surface area contributed by atoms with E-state index in [2.05, 4.69) is 26.7 Å². The summed E-state index contributed by atoms with van der Waals surface area (Å²) in [5.41, 5.74) is 9.74. The number of hydrogen-bond acceptors (Lipinski definition) is 10. The molecule has 2 aromatic carbocycles. The van der Waals surface area contributed by atoms with Crippen LogP contribution in [0, 0.1) is 18.3 Å². The van der Waals surface area contributed by atoms with Crippen LogP contribution in [0.3, 0.4) is 0 Å². The van der Waals surface area contributed by atoms with Gasteiger partial charge in [0.2, 0.25) is 11.9 Å². The first-order valence-electron chi connectivity index (χ1n) is 13.0. The largest absolute Gasteiger partial charge is 0.384 e. The van der Waals surface area contributed by atoms with Gasteiger partial charge in [-0.25, -0.2) is 15.4 Å². The first-order valence-corrected chi connectivity index (χ1v) is 13.0. The lowest BCUT2D eigenvalue weighted by molar-refractivity contribution is -0.129. The number of unbranched alkanes of at least 4 members (excludes halogenated alkanes) is 1. The molecule has 0 aliphatic rings. The number of nitrogens with two attached hydrogens (primary N) is 1. The van der Waals surface area contributed by atoms with Gasteiger partial charge in [0.15, 0.2) is 0 Å². The van der Waals surface area contributed by atoms with Crippen LogP contribution in [0.15, 0.2) is 53.3 Å². The molecule has 0 aliphatic heterocycles. The van der Waals surface area contributed by atoms with Crippen LogP contribution in [-0.2, 0) is 4.79 Å². The highest BCUT2D eigenvalue weighted by Gasteiger charge is 2.23. The average Bonchev–Trinajstić information content (AvgIpc) is 2.95. The third-order valence-electron chi connectivity index (χ3n) is 6.46. The number of rotatable bonds is 11. The summed E-state index contributed by atoms with van der Waals surface area (Å²) < 4.78 is 1.57. The molecule has 12 nitrogen and oxygen atoms in total. The highest BCUT2D eigenvalue weighted by molar-refractivity contribution is 5.91. The van der Waals surface area contributed by atoms with Gasteiger partial charge in [-0.2, -0.15) is 10.2 Å². The number of hydrogen-bond donors (Lipinski definition) is 5. The van der Waals surface area contributed by atoms with Crippen LogP contribution in [0.25, 0.3) is 16.6 Å². The number of anilines is 3. The Hall–Kier alpha value is -5.02. The number of carbonyl (C=O) groups is 1. The van der Waals surface area contributed by atoms with Crippen LogP contribution in [0.5, 0.6) is 0 Å².